The lowest BCUT2D eigenvalue weighted by Gasteiger charge is -2.29. The Morgan fingerprint density at radius 2 is 2.12 bits per heavy atom. The molecule has 1 heterocycles. The number of aliphatic hydroxyl groups is 1. The number of anilines is 1. The Bertz CT molecular complexity index is 883. The maximum Gasteiger partial charge on any atom is 0.250 e. The van der Waals surface area contributed by atoms with Gasteiger partial charge in [0.25, 0.3) is 5.91 Å². The Morgan fingerprint density at radius 1 is 1.38 bits per heavy atom. The number of carbonyl (C=O) groups excluding carboxylic acids is 2. The second kappa shape index (κ2) is 6.57. The van der Waals surface area contributed by atoms with Crippen molar-refractivity contribution in [2.75, 3.05) is 18.5 Å². The van der Waals surface area contributed by atoms with Crippen molar-refractivity contribution < 1.29 is 14.7 Å². The zero-order valence-corrected chi connectivity index (χ0v) is 15.3. The summed E-state index contributed by atoms with van der Waals surface area (Å²) in [5, 5.41) is 16.6. The third-order valence-corrected chi connectivity index (χ3v) is 4.66. The Kier molecular flexibility index (Phi) is 4.58. The van der Waals surface area contributed by atoms with Crippen molar-refractivity contribution >= 4 is 17.4 Å². The molecule has 1 aromatic heterocycles. The highest BCUT2D eigenvalue weighted by Gasteiger charge is 2.35. The molecule has 0 fully saturated rings. The average molecular weight is 356 g/mol. The lowest BCUT2D eigenvalue weighted by atomic mass is 9.75. The van der Waals surface area contributed by atoms with Crippen LogP contribution in [0.5, 0.6) is 0 Å². The number of rotatable bonds is 5. The molecule has 26 heavy (non-hydrogen) atoms. The van der Waals surface area contributed by atoms with E-state index in [1.54, 1.807) is 22.9 Å². The number of hydrogen-bond donors (Lipinski definition) is 3. The SMILES string of the molecule is Cc1nn(-c2ccc(C(N)=O)c(NCCO)c2)c2c1C(=O)CC(C)(C)C2. The topological polar surface area (TPSA) is 110 Å². The molecule has 0 spiro atoms. The molecule has 1 aliphatic carbocycles. The first-order chi connectivity index (χ1) is 12.2. The predicted molar refractivity (Wildman–Crippen MR) is 98.8 cm³/mol. The van der Waals surface area contributed by atoms with E-state index in [1.807, 2.05) is 6.92 Å². The van der Waals surface area contributed by atoms with Crippen LogP contribution in [0, 0.1) is 12.3 Å². The van der Waals surface area contributed by atoms with Crippen LogP contribution in [0.3, 0.4) is 0 Å². The summed E-state index contributed by atoms with van der Waals surface area (Å²) in [7, 11) is 0. The predicted octanol–water partition coefficient (Wildman–Crippen LogP) is 1.84. The van der Waals surface area contributed by atoms with Crippen LogP contribution < -0.4 is 11.1 Å². The molecule has 0 aliphatic heterocycles. The largest absolute Gasteiger partial charge is 0.395 e. The Morgan fingerprint density at radius 3 is 2.77 bits per heavy atom. The summed E-state index contributed by atoms with van der Waals surface area (Å²) < 4.78 is 1.78. The molecule has 4 N–H and O–H groups in total. The number of aliphatic hydroxyl groups excluding tert-OH is 1. The standard InChI is InChI=1S/C19H24N4O3/c1-11-17-15(9-19(2,3)10-16(17)25)23(22-11)12-4-5-13(18(20)26)14(8-12)21-6-7-24/h4-5,8,21,24H,6-7,9-10H2,1-3H3,(H2,20,26). The van der Waals surface area contributed by atoms with Crippen molar-refractivity contribution in [3.8, 4) is 5.69 Å². The number of aryl methyl sites for hydroxylation is 1. The molecule has 0 unspecified atom stereocenters. The zero-order chi connectivity index (χ0) is 19.1. The molecule has 1 aliphatic rings. The number of ketones is 1. The number of nitrogens with zero attached hydrogens (tertiary/aromatic N) is 2. The van der Waals surface area contributed by atoms with E-state index in [2.05, 4.69) is 24.3 Å². The second-order valence-corrected chi connectivity index (χ2v) is 7.50. The lowest BCUT2D eigenvalue weighted by Crippen LogP contribution is -2.28. The van der Waals surface area contributed by atoms with E-state index in [0.717, 1.165) is 17.8 Å². The van der Waals surface area contributed by atoms with Gasteiger partial charge in [0.15, 0.2) is 5.78 Å². The van der Waals surface area contributed by atoms with Crippen LogP contribution in [0.15, 0.2) is 18.2 Å². The van der Waals surface area contributed by atoms with Crippen LogP contribution >= 0.6 is 0 Å². The second-order valence-electron chi connectivity index (χ2n) is 7.50. The van der Waals surface area contributed by atoms with Crippen molar-refractivity contribution in [3.05, 3.63) is 40.7 Å². The minimum absolute atomic E-state index is 0.0681. The van der Waals surface area contributed by atoms with Crippen molar-refractivity contribution in [3.63, 3.8) is 0 Å². The molecular weight excluding hydrogens is 332 g/mol. The highest BCUT2D eigenvalue weighted by atomic mass is 16.3. The van der Waals surface area contributed by atoms with Crippen LogP contribution in [0.25, 0.3) is 5.69 Å². The van der Waals surface area contributed by atoms with Gasteiger partial charge in [-0.3, -0.25) is 9.59 Å². The van der Waals surface area contributed by atoms with E-state index >= 15 is 0 Å². The molecule has 138 valence electrons. The molecule has 7 heteroatoms. The Hall–Kier alpha value is -2.67. The van der Waals surface area contributed by atoms with E-state index in [4.69, 9.17) is 10.8 Å². The number of fused-ring (bicyclic) bond motifs is 1. The van der Waals surface area contributed by atoms with Gasteiger partial charge in [-0.15, -0.1) is 0 Å². The number of nitrogens with one attached hydrogen (secondary N) is 1. The Balaban J connectivity index is 2.12. The molecule has 0 atom stereocenters. The van der Waals surface area contributed by atoms with E-state index < -0.39 is 5.91 Å². The summed E-state index contributed by atoms with van der Waals surface area (Å²) in [5.41, 5.74) is 9.24. The van der Waals surface area contributed by atoms with Gasteiger partial charge in [-0.1, -0.05) is 13.8 Å². The fourth-order valence-corrected chi connectivity index (χ4v) is 3.57. The molecular formula is C19H24N4O3. The van der Waals surface area contributed by atoms with Gasteiger partial charge < -0.3 is 16.2 Å². The minimum Gasteiger partial charge on any atom is -0.395 e. The van der Waals surface area contributed by atoms with Crippen LogP contribution in [0.4, 0.5) is 5.69 Å². The van der Waals surface area contributed by atoms with Crippen molar-refractivity contribution in [1.82, 2.24) is 9.78 Å². The molecule has 7 nitrogen and oxygen atoms in total. The van der Waals surface area contributed by atoms with Gasteiger partial charge in [-0.25, -0.2) is 4.68 Å². The zero-order valence-electron chi connectivity index (χ0n) is 15.3. The minimum atomic E-state index is -0.549. The quantitative estimate of drug-likeness (QED) is 0.757. The molecule has 0 radical (unpaired) electrons. The van der Waals surface area contributed by atoms with E-state index in [9.17, 15) is 9.59 Å². The molecule has 0 saturated heterocycles. The number of nitrogens with two attached hydrogens (primary N) is 1. The molecule has 2 aromatic rings. The highest BCUT2D eigenvalue weighted by molar-refractivity contribution is 6.00. The van der Waals surface area contributed by atoms with Crippen molar-refractivity contribution in [1.29, 1.82) is 0 Å². The third kappa shape index (κ3) is 3.22. The Labute approximate surface area is 152 Å². The van der Waals surface area contributed by atoms with Crippen LogP contribution in [0.2, 0.25) is 0 Å². The first-order valence-electron chi connectivity index (χ1n) is 8.64. The van der Waals surface area contributed by atoms with Gasteiger partial charge in [0.2, 0.25) is 0 Å². The number of amides is 1. The first-order valence-corrected chi connectivity index (χ1v) is 8.64. The number of benzene rings is 1. The lowest BCUT2D eigenvalue weighted by molar-refractivity contribution is 0.0909. The number of primary amides is 1. The fourth-order valence-electron chi connectivity index (χ4n) is 3.57. The normalized spacial score (nSPS) is 15.6. The van der Waals surface area contributed by atoms with Gasteiger partial charge in [0.05, 0.1) is 34.8 Å². The highest BCUT2D eigenvalue weighted by Crippen LogP contribution is 2.37. The summed E-state index contributed by atoms with van der Waals surface area (Å²) in [6.45, 7) is 6.22. The average Bonchev–Trinajstić information content (AvgIpc) is 2.87. The van der Waals surface area contributed by atoms with Gasteiger partial charge in [0.1, 0.15) is 0 Å². The summed E-state index contributed by atoms with van der Waals surface area (Å²) >= 11 is 0. The molecule has 3 rings (SSSR count). The number of hydrogen-bond acceptors (Lipinski definition) is 5. The summed E-state index contributed by atoms with van der Waals surface area (Å²) in [6.07, 6.45) is 1.25. The summed E-state index contributed by atoms with van der Waals surface area (Å²) in [5.74, 6) is -0.431. The van der Waals surface area contributed by atoms with Crippen LogP contribution in [-0.2, 0) is 6.42 Å². The van der Waals surface area contributed by atoms with Crippen molar-refractivity contribution in [2.24, 2.45) is 11.1 Å². The maximum atomic E-state index is 12.6. The van der Waals surface area contributed by atoms with E-state index in [0.29, 0.717) is 35.5 Å². The fraction of sp³-hybridized carbons (Fsp3) is 0.421. The van der Waals surface area contributed by atoms with Gasteiger partial charge in [-0.05, 0) is 37.0 Å². The first kappa shape index (κ1) is 18.1. The maximum absolute atomic E-state index is 12.6. The molecule has 0 saturated carbocycles. The van der Waals surface area contributed by atoms with Crippen molar-refractivity contribution in [2.45, 2.75) is 33.6 Å². The van der Waals surface area contributed by atoms with Crippen LogP contribution in [0.1, 0.15) is 52.4 Å². The number of Topliss-reactive ketones (excluding diaryl/α,β-unsaturated/α-hetero) is 1. The molecule has 1 amide bonds. The van der Waals surface area contributed by atoms with Crippen LogP contribution in [-0.4, -0.2) is 39.7 Å². The number of carbonyl (C=O) groups is 2. The molecule has 1 aromatic carbocycles. The summed E-state index contributed by atoms with van der Waals surface area (Å²) in [4.78, 5) is 24.2. The van der Waals surface area contributed by atoms with E-state index in [-0.39, 0.29) is 17.8 Å². The van der Waals surface area contributed by atoms with E-state index in [1.165, 1.54) is 0 Å². The van der Waals surface area contributed by atoms with Gasteiger partial charge in [0, 0.05) is 18.7 Å². The monoisotopic (exact) mass is 356 g/mol. The number of aromatic nitrogens is 2. The summed E-state index contributed by atoms with van der Waals surface area (Å²) in [6, 6.07) is 5.17. The molecule has 0 bridgehead atoms. The smallest absolute Gasteiger partial charge is 0.250 e. The van der Waals surface area contributed by atoms with Gasteiger partial charge in [-0.2, -0.15) is 5.10 Å². The van der Waals surface area contributed by atoms with Gasteiger partial charge >= 0.3 is 0 Å². The third-order valence-electron chi connectivity index (χ3n) is 4.66.